The zero-order valence-electron chi connectivity index (χ0n) is 10.7. The first-order valence-electron chi connectivity index (χ1n) is 6.65. The molecule has 1 aromatic carbocycles. The maximum absolute atomic E-state index is 12.4. The number of aryl methyl sites for hydroxylation is 1. The summed E-state index contributed by atoms with van der Waals surface area (Å²) in [6.45, 7) is 0. The molecule has 3 rings (SSSR count). The highest BCUT2D eigenvalue weighted by Crippen LogP contribution is 2.30. The molecule has 0 unspecified atom stereocenters. The Morgan fingerprint density at radius 1 is 1.17 bits per heavy atom. The van der Waals surface area contributed by atoms with Crippen LogP contribution in [0.5, 0.6) is 0 Å². The van der Waals surface area contributed by atoms with Crippen LogP contribution in [0.3, 0.4) is 0 Å². The number of hydrogen-bond donors (Lipinski definition) is 1. The van der Waals surface area contributed by atoms with E-state index >= 15 is 0 Å². The van der Waals surface area contributed by atoms with E-state index in [1.54, 1.807) is 4.57 Å². The van der Waals surface area contributed by atoms with E-state index < -0.39 is 0 Å². The number of rotatable bonds is 1. The molecule has 1 aliphatic rings. The molecule has 0 radical (unpaired) electrons. The molecule has 0 bridgehead atoms. The summed E-state index contributed by atoms with van der Waals surface area (Å²) in [4.78, 5) is 12.4. The molecule has 0 saturated heterocycles. The van der Waals surface area contributed by atoms with Crippen LogP contribution < -0.4 is 11.4 Å². The van der Waals surface area contributed by atoms with Crippen LogP contribution in [-0.4, -0.2) is 9.13 Å². The predicted octanol–water partition coefficient (Wildman–Crippen LogP) is 2.43. The van der Waals surface area contributed by atoms with Gasteiger partial charge in [0, 0.05) is 18.8 Å². The minimum absolute atomic E-state index is 0.0856. The highest BCUT2D eigenvalue weighted by Gasteiger charge is 2.21. The Kier molecular flexibility index (Phi) is 2.65. The number of nitrogen functional groups attached to an aromatic ring is 1. The van der Waals surface area contributed by atoms with Crippen LogP contribution in [-0.2, 0) is 7.05 Å². The first-order chi connectivity index (χ1) is 8.68. The average Bonchev–Trinajstić information content (AvgIpc) is 2.64. The van der Waals surface area contributed by atoms with Gasteiger partial charge in [-0.05, 0) is 31.0 Å². The van der Waals surface area contributed by atoms with Crippen LogP contribution in [0.4, 0.5) is 5.69 Å². The molecule has 0 amide bonds. The van der Waals surface area contributed by atoms with E-state index in [1.165, 1.54) is 19.3 Å². The van der Waals surface area contributed by atoms with Crippen LogP contribution in [0.2, 0.25) is 0 Å². The van der Waals surface area contributed by atoms with Gasteiger partial charge in [0.15, 0.2) is 0 Å². The fraction of sp³-hybridized carbons (Fsp3) is 0.500. The molecule has 18 heavy (non-hydrogen) atoms. The van der Waals surface area contributed by atoms with Crippen molar-refractivity contribution in [3.8, 4) is 0 Å². The highest BCUT2D eigenvalue weighted by atomic mass is 16.1. The van der Waals surface area contributed by atoms with Crippen molar-refractivity contribution < 1.29 is 0 Å². The molecule has 1 saturated carbocycles. The van der Waals surface area contributed by atoms with Gasteiger partial charge in [0.2, 0.25) is 0 Å². The summed E-state index contributed by atoms with van der Waals surface area (Å²) in [5, 5.41) is 0. The van der Waals surface area contributed by atoms with Gasteiger partial charge in [-0.1, -0.05) is 19.3 Å². The summed E-state index contributed by atoms with van der Waals surface area (Å²) in [5.74, 6) is 0. The van der Waals surface area contributed by atoms with E-state index in [4.69, 9.17) is 5.73 Å². The Morgan fingerprint density at radius 2 is 1.89 bits per heavy atom. The number of aromatic nitrogens is 2. The third-order valence-corrected chi connectivity index (χ3v) is 4.05. The van der Waals surface area contributed by atoms with Crippen molar-refractivity contribution in [1.29, 1.82) is 0 Å². The van der Waals surface area contributed by atoms with Gasteiger partial charge in [0.1, 0.15) is 0 Å². The molecule has 4 heteroatoms. The second-order valence-corrected chi connectivity index (χ2v) is 5.25. The Balaban J connectivity index is 2.22. The molecule has 96 valence electrons. The monoisotopic (exact) mass is 245 g/mol. The molecular weight excluding hydrogens is 226 g/mol. The number of fused-ring (bicyclic) bond motifs is 1. The standard InChI is InChI=1S/C14H19N3O/c1-16-13-9-10(15)7-8-12(13)17(14(16)18)11-5-3-2-4-6-11/h7-9,11H,2-6,15H2,1H3. The normalized spacial score (nSPS) is 17.4. The van der Waals surface area contributed by atoms with Gasteiger partial charge in [-0.15, -0.1) is 0 Å². The SMILES string of the molecule is Cn1c(=O)n(C2CCCCC2)c2ccc(N)cc21. The Morgan fingerprint density at radius 3 is 2.61 bits per heavy atom. The van der Waals surface area contributed by atoms with Crippen LogP contribution in [0.15, 0.2) is 23.0 Å². The van der Waals surface area contributed by atoms with E-state index in [2.05, 4.69) is 0 Å². The van der Waals surface area contributed by atoms with Gasteiger partial charge < -0.3 is 5.73 Å². The Bertz CT molecular complexity index is 632. The minimum atomic E-state index is 0.0856. The first-order valence-corrected chi connectivity index (χ1v) is 6.65. The molecule has 1 fully saturated rings. The van der Waals surface area contributed by atoms with Crippen LogP contribution in [0, 0.1) is 0 Å². The first kappa shape index (κ1) is 11.4. The summed E-state index contributed by atoms with van der Waals surface area (Å²) in [7, 11) is 1.82. The molecule has 0 atom stereocenters. The fourth-order valence-electron chi connectivity index (χ4n) is 3.07. The summed E-state index contributed by atoms with van der Waals surface area (Å²) in [6, 6.07) is 6.09. The van der Waals surface area contributed by atoms with Crippen molar-refractivity contribution in [1.82, 2.24) is 9.13 Å². The number of anilines is 1. The van der Waals surface area contributed by atoms with E-state index in [1.807, 2.05) is 29.8 Å². The Labute approximate surface area is 106 Å². The molecule has 1 aromatic heterocycles. The summed E-state index contributed by atoms with van der Waals surface area (Å²) >= 11 is 0. The lowest BCUT2D eigenvalue weighted by molar-refractivity contribution is 0.351. The maximum atomic E-state index is 12.4. The van der Waals surface area contributed by atoms with Gasteiger partial charge in [0.05, 0.1) is 11.0 Å². The average molecular weight is 245 g/mol. The quantitative estimate of drug-likeness (QED) is 0.784. The number of hydrogen-bond acceptors (Lipinski definition) is 2. The van der Waals surface area contributed by atoms with E-state index in [0.717, 1.165) is 23.9 Å². The summed E-state index contributed by atoms with van der Waals surface area (Å²) in [5.41, 5.74) is 8.55. The van der Waals surface area contributed by atoms with Crippen LogP contribution in [0.1, 0.15) is 38.1 Å². The van der Waals surface area contributed by atoms with Gasteiger partial charge in [-0.3, -0.25) is 9.13 Å². The minimum Gasteiger partial charge on any atom is -0.399 e. The molecule has 2 aromatic rings. The van der Waals surface area contributed by atoms with Gasteiger partial charge >= 0.3 is 5.69 Å². The smallest absolute Gasteiger partial charge is 0.329 e. The van der Waals surface area contributed by atoms with E-state index in [0.29, 0.717) is 11.7 Å². The van der Waals surface area contributed by atoms with Crippen molar-refractivity contribution in [2.24, 2.45) is 7.05 Å². The van der Waals surface area contributed by atoms with Crippen molar-refractivity contribution in [3.05, 3.63) is 28.7 Å². The van der Waals surface area contributed by atoms with Crippen LogP contribution >= 0.6 is 0 Å². The predicted molar refractivity (Wildman–Crippen MR) is 73.7 cm³/mol. The molecule has 0 aliphatic heterocycles. The lowest BCUT2D eigenvalue weighted by Gasteiger charge is -2.22. The lowest BCUT2D eigenvalue weighted by atomic mass is 9.95. The molecule has 1 aliphatic carbocycles. The van der Waals surface area contributed by atoms with E-state index in [9.17, 15) is 4.79 Å². The molecule has 0 spiro atoms. The third kappa shape index (κ3) is 1.64. The van der Waals surface area contributed by atoms with Gasteiger partial charge in [-0.2, -0.15) is 0 Å². The van der Waals surface area contributed by atoms with Crippen molar-refractivity contribution >= 4 is 16.7 Å². The summed E-state index contributed by atoms with van der Waals surface area (Å²) in [6.07, 6.45) is 5.97. The molecule has 4 nitrogen and oxygen atoms in total. The van der Waals surface area contributed by atoms with Crippen LogP contribution in [0.25, 0.3) is 11.0 Å². The zero-order chi connectivity index (χ0) is 12.7. The maximum Gasteiger partial charge on any atom is 0.329 e. The molecule has 2 N–H and O–H groups in total. The topological polar surface area (TPSA) is 53.0 Å². The van der Waals surface area contributed by atoms with Crippen molar-refractivity contribution in [2.75, 3.05) is 5.73 Å². The third-order valence-electron chi connectivity index (χ3n) is 4.05. The molecule has 1 heterocycles. The number of nitrogens with two attached hydrogens (primary N) is 1. The second kappa shape index (κ2) is 4.19. The zero-order valence-corrected chi connectivity index (χ0v) is 10.7. The summed E-state index contributed by atoms with van der Waals surface area (Å²) < 4.78 is 3.67. The number of benzene rings is 1. The van der Waals surface area contributed by atoms with Gasteiger partial charge in [0.25, 0.3) is 0 Å². The number of nitrogens with zero attached hydrogens (tertiary/aromatic N) is 2. The largest absolute Gasteiger partial charge is 0.399 e. The van der Waals surface area contributed by atoms with E-state index in [-0.39, 0.29) is 5.69 Å². The number of imidazole rings is 1. The highest BCUT2D eigenvalue weighted by molar-refractivity contribution is 5.79. The second-order valence-electron chi connectivity index (χ2n) is 5.25. The van der Waals surface area contributed by atoms with Crippen molar-refractivity contribution in [2.45, 2.75) is 38.1 Å². The van der Waals surface area contributed by atoms with Gasteiger partial charge in [-0.25, -0.2) is 4.79 Å². The Hall–Kier alpha value is -1.71. The van der Waals surface area contributed by atoms with Crippen molar-refractivity contribution in [3.63, 3.8) is 0 Å². The fourth-order valence-corrected chi connectivity index (χ4v) is 3.07. The lowest BCUT2D eigenvalue weighted by Crippen LogP contribution is -2.27. The molecular formula is C14H19N3O.